The van der Waals surface area contributed by atoms with Crippen molar-refractivity contribution in [2.75, 3.05) is 7.11 Å². The zero-order chi connectivity index (χ0) is 13.8. The SMILES string of the molecule is COCc1c(C(=O)O)nnn1Cc1ccc(C)cc1. The zero-order valence-corrected chi connectivity index (χ0v) is 10.8. The van der Waals surface area contributed by atoms with Gasteiger partial charge in [0, 0.05) is 7.11 Å². The van der Waals surface area contributed by atoms with Crippen LogP contribution in [0.15, 0.2) is 24.3 Å². The first-order valence-corrected chi connectivity index (χ1v) is 5.82. The third-order valence-electron chi connectivity index (χ3n) is 2.77. The fourth-order valence-electron chi connectivity index (χ4n) is 1.77. The summed E-state index contributed by atoms with van der Waals surface area (Å²) in [5.41, 5.74) is 2.61. The van der Waals surface area contributed by atoms with E-state index in [4.69, 9.17) is 9.84 Å². The molecule has 1 aromatic heterocycles. The molecule has 0 aliphatic rings. The van der Waals surface area contributed by atoms with Crippen LogP contribution < -0.4 is 0 Å². The van der Waals surface area contributed by atoms with Gasteiger partial charge in [-0.25, -0.2) is 9.48 Å². The minimum absolute atomic E-state index is 0.0611. The number of nitrogens with zero attached hydrogens (tertiary/aromatic N) is 3. The Kier molecular flexibility index (Phi) is 3.91. The van der Waals surface area contributed by atoms with Gasteiger partial charge in [0.05, 0.1) is 18.8 Å². The lowest BCUT2D eigenvalue weighted by molar-refractivity contribution is 0.0684. The second kappa shape index (κ2) is 5.62. The summed E-state index contributed by atoms with van der Waals surface area (Å²) in [6, 6.07) is 7.96. The topological polar surface area (TPSA) is 77.2 Å². The fraction of sp³-hybridized carbons (Fsp3) is 0.308. The van der Waals surface area contributed by atoms with E-state index in [1.165, 1.54) is 12.7 Å². The Balaban J connectivity index is 2.29. The van der Waals surface area contributed by atoms with Crippen molar-refractivity contribution in [2.45, 2.75) is 20.1 Å². The quantitative estimate of drug-likeness (QED) is 0.882. The average Bonchev–Trinajstić information content (AvgIpc) is 2.76. The molecule has 6 nitrogen and oxygen atoms in total. The van der Waals surface area contributed by atoms with Gasteiger partial charge in [-0.15, -0.1) is 5.10 Å². The van der Waals surface area contributed by atoms with E-state index in [0.29, 0.717) is 12.2 Å². The Morgan fingerprint density at radius 1 is 1.37 bits per heavy atom. The summed E-state index contributed by atoms with van der Waals surface area (Å²) in [7, 11) is 1.51. The molecule has 0 saturated heterocycles. The molecule has 0 spiro atoms. The molecule has 0 saturated carbocycles. The number of aromatic carboxylic acids is 1. The van der Waals surface area contributed by atoms with E-state index < -0.39 is 5.97 Å². The van der Waals surface area contributed by atoms with Crippen LogP contribution in [0.3, 0.4) is 0 Å². The van der Waals surface area contributed by atoms with Crippen LogP contribution in [-0.4, -0.2) is 33.2 Å². The van der Waals surface area contributed by atoms with Crippen molar-refractivity contribution < 1.29 is 14.6 Å². The van der Waals surface area contributed by atoms with Gasteiger partial charge in [-0.05, 0) is 12.5 Å². The molecule has 2 aromatic rings. The molecule has 6 heteroatoms. The van der Waals surface area contributed by atoms with Gasteiger partial charge in [-0.1, -0.05) is 35.0 Å². The molecule has 0 unspecified atom stereocenters. The first kappa shape index (κ1) is 13.2. The van der Waals surface area contributed by atoms with Crippen molar-refractivity contribution in [1.29, 1.82) is 0 Å². The number of aryl methyl sites for hydroxylation is 1. The van der Waals surface area contributed by atoms with E-state index in [0.717, 1.165) is 5.56 Å². The normalized spacial score (nSPS) is 10.6. The summed E-state index contributed by atoms with van der Waals surface area (Å²) in [4.78, 5) is 11.0. The number of rotatable bonds is 5. The number of hydrogen-bond acceptors (Lipinski definition) is 4. The van der Waals surface area contributed by atoms with Crippen LogP contribution >= 0.6 is 0 Å². The van der Waals surface area contributed by atoms with Gasteiger partial charge in [0.25, 0.3) is 0 Å². The average molecular weight is 261 g/mol. The highest BCUT2D eigenvalue weighted by atomic mass is 16.5. The fourth-order valence-corrected chi connectivity index (χ4v) is 1.77. The summed E-state index contributed by atoms with van der Waals surface area (Å²) in [6.45, 7) is 2.65. The van der Waals surface area contributed by atoms with Crippen LogP contribution in [0.1, 0.15) is 27.3 Å². The molecule has 0 amide bonds. The Bertz CT molecular complexity index is 575. The maximum absolute atomic E-state index is 11.0. The maximum Gasteiger partial charge on any atom is 0.358 e. The molecule has 100 valence electrons. The van der Waals surface area contributed by atoms with Crippen LogP contribution in [0.4, 0.5) is 0 Å². The van der Waals surface area contributed by atoms with Crippen molar-refractivity contribution in [3.05, 3.63) is 46.8 Å². The molecule has 0 bridgehead atoms. The second-order valence-corrected chi connectivity index (χ2v) is 4.27. The second-order valence-electron chi connectivity index (χ2n) is 4.27. The van der Waals surface area contributed by atoms with E-state index in [-0.39, 0.29) is 12.3 Å². The van der Waals surface area contributed by atoms with Crippen molar-refractivity contribution in [1.82, 2.24) is 15.0 Å². The number of methoxy groups -OCH3 is 1. The van der Waals surface area contributed by atoms with Gasteiger partial charge in [0.1, 0.15) is 0 Å². The summed E-state index contributed by atoms with van der Waals surface area (Å²) in [5.74, 6) is -1.10. The molecule has 1 N–H and O–H groups in total. The molecule has 2 rings (SSSR count). The number of aromatic nitrogens is 3. The standard InChI is InChI=1S/C13H15N3O3/c1-9-3-5-10(6-4-9)7-16-11(8-19-2)12(13(17)18)14-15-16/h3-6H,7-8H2,1-2H3,(H,17,18). The van der Waals surface area contributed by atoms with Crippen LogP contribution in [-0.2, 0) is 17.9 Å². The van der Waals surface area contributed by atoms with Crippen molar-refractivity contribution in [2.24, 2.45) is 0 Å². The highest BCUT2D eigenvalue weighted by Gasteiger charge is 2.18. The number of ether oxygens (including phenoxy) is 1. The van der Waals surface area contributed by atoms with Gasteiger partial charge < -0.3 is 9.84 Å². The third-order valence-corrected chi connectivity index (χ3v) is 2.77. The van der Waals surface area contributed by atoms with E-state index in [2.05, 4.69) is 10.3 Å². The maximum atomic E-state index is 11.0. The molecule has 0 fully saturated rings. The highest BCUT2D eigenvalue weighted by molar-refractivity contribution is 5.86. The van der Waals surface area contributed by atoms with E-state index >= 15 is 0 Å². The first-order chi connectivity index (χ1) is 9.11. The Labute approximate surface area is 110 Å². The van der Waals surface area contributed by atoms with Crippen molar-refractivity contribution in [3.63, 3.8) is 0 Å². The number of benzene rings is 1. The lowest BCUT2D eigenvalue weighted by Gasteiger charge is -2.06. The smallest absolute Gasteiger partial charge is 0.358 e. The minimum atomic E-state index is -1.10. The van der Waals surface area contributed by atoms with Crippen LogP contribution in [0.2, 0.25) is 0 Å². The van der Waals surface area contributed by atoms with Crippen LogP contribution in [0, 0.1) is 6.92 Å². The molecule has 0 aliphatic heterocycles. The van der Waals surface area contributed by atoms with E-state index in [1.54, 1.807) is 4.68 Å². The molecule has 0 radical (unpaired) electrons. The van der Waals surface area contributed by atoms with Gasteiger partial charge in [-0.3, -0.25) is 0 Å². The molecule has 0 atom stereocenters. The summed E-state index contributed by atoms with van der Waals surface area (Å²) in [6.07, 6.45) is 0. The van der Waals surface area contributed by atoms with Gasteiger partial charge >= 0.3 is 5.97 Å². The Morgan fingerprint density at radius 3 is 2.63 bits per heavy atom. The van der Waals surface area contributed by atoms with Crippen molar-refractivity contribution >= 4 is 5.97 Å². The Morgan fingerprint density at radius 2 is 2.05 bits per heavy atom. The van der Waals surface area contributed by atoms with Crippen molar-refractivity contribution in [3.8, 4) is 0 Å². The zero-order valence-electron chi connectivity index (χ0n) is 10.8. The minimum Gasteiger partial charge on any atom is -0.476 e. The molecular weight excluding hydrogens is 246 g/mol. The molecular formula is C13H15N3O3. The predicted molar refractivity (Wildman–Crippen MR) is 68.0 cm³/mol. The predicted octanol–water partition coefficient (Wildman–Crippen LogP) is 1.48. The van der Waals surface area contributed by atoms with Gasteiger partial charge in [0.2, 0.25) is 0 Å². The summed E-state index contributed by atoms with van der Waals surface area (Å²) < 4.78 is 6.56. The lowest BCUT2D eigenvalue weighted by Crippen LogP contribution is -2.10. The largest absolute Gasteiger partial charge is 0.476 e. The number of carboxylic acid groups (broad SMARTS) is 1. The van der Waals surface area contributed by atoms with Crippen LogP contribution in [0.25, 0.3) is 0 Å². The van der Waals surface area contributed by atoms with Crippen LogP contribution in [0.5, 0.6) is 0 Å². The first-order valence-electron chi connectivity index (χ1n) is 5.82. The highest BCUT2D eigenvalue weighted by Crippen LogP contribution is 2.11. The number of carbonyl (C=O) groups is 1. The number of carboxylic acids is 1. The van der Waals surface area contributed by atoms with Gasteiger partial charge in [-0.2, -0.15) is 0 Å². The van der Waals surface area contributed by atoms with E-state index in [1.807, 2.05) is 31.2 Å². The summed E-state index contributed by atoms with van der Waals surface area (Å²) >= 11 is 0. The molecule has 0 aliphatic carbocycles. The molecule has 19 heavy (non-hydrogen) atoms. The third kappa shape index (κ3) is 2.97. The van der Waals surface area contributed by atoms with E-state index in [9.17, 15) is 4.79 Å². The monoisotopic (exact) mass is 261 g/mol. The molecule has 1 heterocycles. The summed E-state index contributed by atoms with van der Waals surface area (Å²) in [5, 5.41) is 16.6. The molecule has 1 aromatic carbocycles. The van der Waals surface area contributed by atoms with Gasteiger partial charge in [0.15, 0.2) is 5.69 Å². The Hall–Kier alpha value is -2.21. The lowest BCUT2D eigenvalue weighted by atomic mass is 10.1. The number of hydrogen-bond donors (Lipinski definition) is 1.